The largest absolute Gasteiger partial charge is 0.462 e. The maximum absolute atomic E-state index is 11.2. The van der Waals surface area contributed by atoms with Gasteiger partial charge in [-0.3, -0.25) is 9.78 Å². The highest BCUT2D eigenvalue weighted by molar-refractivity contribution is 5.81. The van der Waals surface area contributed by atoms with Crippen LogP contribution in [0.3, 0.4) is 0 Å². The van der Waals surface area contributed by atoms with Gasteiger partial charge in [0.15, 0.2) is 0 Å². The van der Waals surface area contributed by atoms with Crippen LogP contribution in [-0.4, -0.2) is 22.1 Å². The summed E-state index contributed by atoms with van der Waals surface area (Å²) in [6.07, 6.45) is 2.97. The Kier molecular flexibility index (Phi) is 4.26. The molecule has 0 radical (unpaired) electrons. The molecule has 86 valence electrons. The van der Waals surface area contributed by atoms with Crippen LogP contribution in [0.25, 0.3) is 0 Å². The van der Waals surface area contributed by atoms with Crippen molar-refractivity contribution in [3.63, 3.8) is 0 Å². The standard InChI is InChI=1S/C10H12N2O4/c1-2-9(14)16-7-3-5-12-6-4-8(13)11-10(12)15/h2,4,6H,1,3,5,7H2,(H,11,13,15). The fourth-order valence-electron chi connectivity index (χ4n) is 1.09. The van der Waals surface area contributed by atoms with Gasteiger partial charge in [-0.1, -0.05) is 6.58 Å². The average molecular weight is 224 g/mol. The Bertz CT molecular complexity index is 486. The Morgan fingerprint density at radius 3 is 2.94 bits per heavy atom. The van der Waals surface area contributed by atoms with Crippen molar-refractivity contribution in [3.05, 3.63) is 45.8 Å². The highest BCUT2D eigenvalue weighted by atomic mass is 16.5. The summed E-state index contributed by atoms with van der Waals surface area (Å²) in [6, 6.07) is 1.26. The van der Waals surface area contributed by atoms with Crippen LogP contribution in [0, 0.1) is 0 Å². The van der Waals surface area contributed by atoms with E-state index in [-0.39, 0.29) is 6.61 Å². The summed E-state index contributed by atoms with van der Waals surface area (Å²) >= 11 is 0. The Labute approximate surface area is 91.2 Å². The lowest BCUT2D eigenvalue weighted by atomic mass is 10.4. The predicted molar refractivity (Wildman–Crippen MR) is 57.1 cm³/mol. The van der Waals surface area contributed by atoms with Crippen molar-refractivity contribution >= 4 is 5.97 Å². The van der Waals surface area contributed by atoms with Crippen LogP contribution in [0.2, 0.25) is 0 Å². The number of hydrogen-bond acceptors (Lipinski definition) is 4. The van der Waals surface area contributed by atoms with E-state index in [1.54, 1.807) is 0 Å². The van der Waals surface area contributed by atoms with Crippen molar-refractivity contribution in [2.75, 3.05) is 6.61 Å². The second-order valence-corrected chi connectivity index (χ2v) is 3.03. The van der Waals surface area contributed by atoms with E-state index in [4.69, 9.17) is 4.74 Å². The highest BCUT2D eigenvalue weighted by Crippen LogP contribution is 1.88. The number of carbonyl (C=O) groups excluding carboxylic acids is 1. The number of aromatic nitrogens is 2. The molecule has 0 unspecified atom stereocenters. The number of aryl methyl sites for hydroxylation is 1. The van der Waals surface area contributed by atoms with Gasteiger partial charge in [-0.15, -0.1) is 0 Å². The summed E-state index contributed by atoms with van der Waals surface area (Å²) in [5, 5.41) is 0. The van der Waals surface area contributed by atoms with Gasteiger partial charge < -0.3 is 9.30 Å². The smallest absolute Gasteiger partial charge is 0.330 e. The molecule has 0 aromatic carbocycles. The molecular weight excluding hydrogens is 212 g/mol. The molecule has 6 nitrogen and oxygen atoms in total. The number of esters is 1. The second kappa shape index (κ2) is 5.69. The number of nitrogens with one attached hydrogen (secondary N) is 1. The van der Waals surface area contributed by atoms with Crippen LogP contribution >= 0.6 is 0 Å². The SMILES string of the molecule is C=CC(=O)OCCCn1ccc(=O)[nH]c1=O. The van der Waals surface area contributed by atoms with E-state index in [1.807, 2.05) is 0 Å². The number of ether oxygens (including phenoxy) is 1. The Balaban J connectivity index is 2.43. The minimum atomic E-state index is -0.492. The minimum absolute atomic E-state index is 0.205. The van der Waals surface area contributed by atoms with Gasteiger partial charge in [0.2, 0.25) is 0 Å². The lowest BCUT2D eigenvalue weighted by Gasteiger charge is -2.04. The quantitative estimate of drug-likeness (QED) is 0.421. The third-order valence-corrected chi connectivity index (χ3v) is 1.85. The zero-order valence-corrected chi connectivity index (χ0v) is 8.64. The molecule has 0 bridgehead atoms. The molecule has 1 heterocycles. The molecule has 1 N–H and O–H groups in total. The maximum atomic E-state index is 11.2. The first-order chi connectivity index (χ1) is 7.63. The molecule has 0 fully saturated rings. The van der Waals surface area contributed by atoms with E-state index in [2.05, 4.69) is 11.6 Å². The number of aromatic amines is 1. The zero-order chi connectivity index (χ0) is 12.0. The minimum Gasteiger partial charge on any atom is -0.462 e. The summed E-state index contributed by atoms with van der Waals surface area (Å²) in [5.41, 5.74) is -0.901. The topological polar surface area (TPSA) is 81.2 Å². The molecule has 0 saturated carbocycles. The molecule has 0 aliphatic rings. The predicted octanol–water partition coefficient (Wildman–Crippen LogP) is -0.344. The number of hydrogen-bond donors (Lipinski definition) is 1. The lowest BCUT2D eigenvalue weighted by molar-refractivity contribution is -0.137. The molecule has 0 saturated heterocycles. The van der Waals surface area contributed by atoms with Gasteiger partial charge in [0.25, 0.3) is 5.56 Å². The summed E-state index contributed by atoms with van der Waals surface area (Å²) in [5.74, 6) is -0.492. The molecule has 0 aliphatic carbocycles. The summed E-state index contributed by atoms with van der Waals surface area (Å²) in [4.78, 5) is 34.8. The molecule has 6 heteroatoms. The normalized spacial score (nSPS) is 9.75. The average Bonchev–Trinajstić information content (AvgIpc) is 2.26. The van der Waals surface area contributed by atoms with E-state index < -0.39 is 17.2 Å². The van der Waals surface area contributed by atoms with Crippen LogP contribution in [0.4, 0.5) is 0 Å². The van der Waals surface area contributed by atoms with Gasteiger partial charge >= 0.3 is 11.7 Å². The van der Waals surface area contributed by atoms with Gasteiger partial charge in [-0.05, 0) is 6.42 Å². The third-order valence-electron chi connectivity index (χ3n) is 1.85. The fourth-order valence-corrected chi connectivity index (χ4v) is 1.09. The number of rotatable bonds is 5. The summed E-state index contributed by atoms with van der Waals surface area (Å²) in [6.45, 7) is 3.83. The second-order valence-electron chi connectivity index (χ2n) is 3.03. The first kappa shape index (κ1) is 12.0. The molecule has 1 rings (SSSR count). The molecule has 0 aliphatic heterocycles. The first-order valence-corrected chi connectivity index (χ1v) is 4.72. The van der Waals surface area contributed by atoms with Gasteiger partial charge in [-0.25, -0.2) is 9.59 Å². The zero-order valence-electron chi connectivity index (χ0n) is 8.64. The van der Waals surface area contributed by atoms with Crippen molar-refractivity contribution in [1.82, 2.24) is 9.55 Å². The van der Waals surface area contributed by atoms with Crippen molar-refractivity contribution in [2.24, 2.45) is 0 Å². The van der Waals surface area contributed by atoms with E-state index in [9.17, 15) is 14.4 Å². The highest BCUT2D eigenvalue weighted by Gasteiger charge is 1.98. The van der Waals surface area contributed by atoms with Gasteiger partial charge in [0.05, 0.1) is 6.61 Å². The summed E-state index contributed by atoms with van der Waals surface area (Å²) in [7, 11) is 0. The molecule has 16 heavy (non-hydrogen) atoms. The van der Waals surface area contributed by atoms with E-state index in [0.29, 0.717) is 13.0 Å². The number of H-pyrrole nitrogens is 1. The first-order valence-electron chi connectivity index (χ1n) is 4.72. The van der Waals surface area contributed by atoms with E-state index >= 15 is 0 Å². The van der Waals surface area contributed by atoms with Crippen molar-refractivity contribution in [2.45, 2.75) is 13.0 Å². The van der Waals surface area contributed by atoms with Crippen LogP contribution in [-0.2, 0) is 16.1 Å². The Hall–Kier alpha value is -2.11. The molecule has 1 aromatic rings. The molecular formula is C10H12N2O4. The van der Waals surface area contributed by atoms with Gasteiger partial charge in [0, 0.05) is 24.9 Å². The Morgan fingerprint density at radius 1 is 1.56 bits per heavy atom. The lowest BCUT2D eigenvalue weighted by Crippen LogP contribution is -2.28. The van der Waals surface area contributed by atoms with Crippen molar-refractivity contribution in [1.29, 1.82) is 0 Å². The number of carbonyl (C=O) groups is 1. The van der Waals surface area contributed by atoms with Crippen LogP contribution < -0.4 is 11.2 Å². The van der Waals surface area contributed by atoms with Crippen LogP contribution in [0.1, 0.15) is 6.42 Å². The fraction of sp³-hybridized carbons (Fsp3) is 0.300. The monoisotopic (exact) mass is 224 g/mol. The van der Waals surface area contributed by atoms with Gasteiger partial charge in [-0.2, -0.15) is 0 Å². The third kappa shape index (κ3) is 3.56. The molecule has 0 spiro atoms. The van der Waals surface area contributed by atoms with Crippen LogP contribution in [0.5, 0.6) is 0 Å². The van der Waals surface area contributed by atoms with E-state index in [1.165, 1.54) is 16.8 Å². The number of nitrogens with zero attached hydrogens (tertiary/aromatic N) is 1. The van der Waals surface area contributed by atoms with Crippen molar-refractivity contribution < 1.29 is 9.53 Å². The Morgan fingerprint density at radius 2 is 2.31 bits per heavy atom. The van der Waals surface area contributed by atoms with Crippen molar-refractivity contribution in [3.8, 4) is 0 Å². The molecule has 0 amide bonds. The molecule has 1 aromatic heterocycles. The maximum Gasteiger partial charge on any atom is 0.330 e. The van der Waals surface area contributed by atoms with Gasteiger partial charge in [0.1, 0.15) is 0 Å². The van der Waals surface area contributed by atoms with Crippen LogP contribution in [0.15, 0.2) is 34.5 Å². The summed E-state index contributed by atoms with van der Waals surface area (Å²) < 4.78 is 6.07. The van der Waals surface area contributed by atoms with E-state index in [0.717, 1.165) is 6.08 Å². The molecule has 0 atom stereocenters.